The van der Waals surface area contributed by atoms with Gasteiger partial charge in [-0.3, -0.25) is 0 Å². The maximum atomic E-state index is 13.5. The first kappa shape index (κ1) is 39.7. The molecule has 0 unspecified atom stereocenters. The van der Waals surface area contributed by atoms with Crippen molar-refractivity contribution in [2.24, 2.45) is 7.05 Å². The van der Waals surface area contributed by atoms with Gasteiger partial charge in [-0.05, 0) is 0 Å². The first-order chi connectivity index (χ1) is 17.9. The van der Waals surface area contributed by atoms with E-state index in [0.29, 0.717) is 4.57 Å². The zero-order valence-electron chi connectivity index (χ0n) is 19.0. The molecule has 29 heteroatoms. The summed E-state index contributed by atoms with van der Waals surface area (Å²) in [6, 6.07) is 0. The number of sulfonamides is 2. The van der Waals surface area contributed by atoms with Crippen molar-refractivity contribution < 1.29 is 105 Å². The van der Waals surface area contributed by atoms with Gasteiger partial charge in [-0.15, -0.1) is 4.68 Å². The second kappa shape index (κ2) is 11.3. The highest BCUT2D eigenvalue weighted by atomic mass is 32.3. The van der Waals surface area contributed by atoms with Crippen LogP contribution in [0.1, 0.15) is 6.42 Å². The third-order valence-corrected chi connectivity index (χ3v) is 6.90. The number of alkyl halides is 19. The molecule has 0 saturated heterocycles. The highest BCUT2D eigenvalue weighted by Gasteiger charge is 2.90. The molecule has 250 valence electrons. The van der Waals surface area contributed by atoms with Crippen LogP contribution >= 0.6 is 0 Å². The average Bonchev–Trinajstić information content (AvgIpc) is 3.14. The van der Waals surface area contributed by atoms with E-state index in [0.717, 1.165) is 21.5 Å². The van der Waals surface area contributed by atoms with Crippen LogP contribution in [0.3, 0.4) is 0 Å². The van der Waals surface area contributed by atoms with Gasteiger partial charge in [-0.2, -0.15) is 83.4 Å². The molecule has 0 aliphatic heterocycles. The van der Waals surface area contributed by atoms with Crippen LogP contribution in [0.25, 0.3) is 4.13 Å². The fourth-order valence-electron chi connectivity index (χ4n) is 1.98. The molecule has 0 fully saturated rings. The summed E-state index contributed by atoms with van der Waals surface area (Å²) in [7, 11) is -12.2. The minimum Gasteiger partial charge on any atom is -0.421 e. The molecular weight excluding hydrogens is 701 g/mol. The van der Waals surface area contributed by atoms with Crippen molar-refractivity contribution in [3.8, 4) is 0 Å². The quantitative estimate of drug-likeness (QED) is 0.268. The van der Waals surface area contributed by atoms with Crippen molar-refractivity contribution in [2.45, 2.75) is 59.8 Å². The predicted molar refractivity (Wildman–Crippen MR) is 92.1 cm³/mol. The van der Waals surface area contributed by atoms with Gasteiger partial charge < -0.3 is 4.13 Å². The van der Waals surface area contributed by atoms with E-state index in [1.54, 1.807) is 0 Å². The van der Waals surface area contributed by atoms with Gasteiger partial charge in [0.15, 0.2) is 20.0 Å². The summed E-state index contributed by atoms with van der Waals surface area (Å²) in [5.74, 6) is -36.7. The van der Waals surface area contributed by atoms with Gasteiger partial charge in [-0.1, -0.05) is 0 Å². The second-order valence-corrected chi connectivity index (χ2v) is 10.7. The molecule has 1 aromatic rings. The summed E-state index contributed by atoms with van der Waals surface area (Å²) < 4.78 is 278. The Morgan fingerprint density at radius 1 is 0.643 bits per heavy atom. The Hall–Kier alpha value is -2.33. The molecule has 42 heavy (non-hydrogen) atoms. The van der Waals surface area contributed by atoms with E-state index >= 15 is 0 Å². The Morgan fingerprint density at radius 2 is 1.00 bits per heavy atom. The molecule has 0 bridgehead atoms. The van der Waals surface area contributed by atoms with E-state index in [1.165, 1.54) is 7.05 Å². The van der Waals surface area contributed by atoms with Crippen molar-refractivity contribution in [3.05, 3.63) is 16.8 Å². The normalized spacial score (nSPS) is 15.3. The van der Waals surface area contributed by atoms with Crippen molar-refractivity contribution in [1.29, 1.82) is 0 Å². The van der Waals surface area contributed by atoms with Crippen LogP contribution in [-0.2, 0) is 33.6 Å². The molecule has 0 aliphatic rings. The maximum absolute atomic E-state index is 13.5. The third kappa shape index (κ3) is 7.59. The molecule has 0 aliphatic carbocycles. The van der Waals surface area contributed by atoms with E-state index in [2.05, 4.69) is 5.10 Å². The molecule has 1 aromatic heterocycles. The Bertz CT molecular complexity index is 1250. The number of hydrogen-bond donors (Lipinski definition) is 0. The standard InChI is InChI=1S/C11H9F13N3.C2F6NO4S2/c1-26-5-27(4-25-26)3-2-6(12,13)7(14,15)8(16,17)9(18,19)10(20,21)11(22,23)24;3-1(4,5)14(10,11)9-15(12,13)2(6,7)8/h4-5H,2-3H2,1H3;/q+1;-1. The van der Waals surface area contributed by atoms with E-state index in [1.807, 2.05) is 0 Å². The van der Waals surface area contributed by atoms with Crippen LogP contribution in [-0.4, -0.2) is 73.4 Å². The molecule has 0 amide bonds. The molecule has 1 heterocycles. The smallest absolute Gasteiger partial charge is 0.421 e. The number of halogens is 19. The Labute approximate surface area is 219 Å². The number of nitrogens with zero attached hydrogens (tertiary/aromatic N) is 4. The van der Waals surface area contributed by atoms with Gasteiger partial charge in [0.05, 0.1) is 13.6 Å². The molecule has 0 spiro atoms. The summed E-state index contributed by atoms with van der Waals surface area (Å²) in [5.41, 5.74) is -12.4. The molecule has 0 saturated carbocycles. The lowest BCUT2D eigenvalue weighted by atomic mass is 9.92. The lowest BCUT2D eigenvalue weighted by molar-refractivity contribution is -0.701. The van der Waals surface area contributed by atoms with Crippen molar-refractivity contribution in [1.82, 2.24) is 9.78 Å². The van der Waals surface area contributed by atoms with Crippen LogP contribution in [0.5, 0.6) is 0 Å². The van der Waals surface area contributed by atoms with Gasteiger partial charge in [-0.25, -0.2) is 21.4 Å². The summed E-state index contributed by atoms with van der Waals surface area (Å²) in [5, 5.41) is 3.38. The van der Waals surface area contributed by atoms with E-state index in [4.69, 9.17) is 0 Å². The van der Waals surface area contributed by atoms with E-state index in [-0.39, 0.29) is 0 Å². The average molecular weight is 710 g/mol. The number of aryl methyl sites for hydroxylation is 2. The van der Waals surface area contributed by atoms with Crippen molar-refractivity contribution in [3.63, 3.8) is 0 Å². The Balaban J connectivity index is 0.000000951. The molecule has 1 rings (SSSR count). The lowest BCUT2D eigenvalue weighted by Gasteiger charge is -2.39. The summed E-state index contributed by atoms with van der Waals surface area (Å²) in [6.07, 6.45) is -8.06. The first-order valence-corrected chi connectivity index (χ1v) is 12.0. The topological polar surface area (TPSA) is 104 Å². The summed E-state index contributed by atoms with van der Waals surface area (Å²) in [6.45, 7) is -1.21. The van der Waals surface area contributed by atoms with Crippen molar-refractivity contribution >= 4 is 20.0 Å². The van der Waals surface area contributed by atoms with Crippen LogP contribution in [0.15, 0.2) is 12.7 Å². The van der Waals surface area contributed by atoms with Gasteiger partial charge in [0.2, 0.25) is 6.33 Å². The second-order valence-electron chi connectivity index (χ2n) is 7.32. The van der Waals surface area contributed by atoms with Gasteiger partial charge in [0, 0.05) is 11.5 Å². The van der Waals surface area contributed by atoms with E-state index < -0.39 is 79.8 Å². The van der Waals surface area contributed by atoms with Gasteiger partial charge >= 0.3 is 46.8 Å². The fourth-order valence-corrected chi connectivity index (χ4v) is 3.69. The van der Waals surface area contributed by atoms with Crippen molar-refractivity contribution in [2.75, 3.05) is 0 Å². The molecule has 0 atom stereocenters. The lowest BCUT2D eigenvalue weighted by Crippen LogP contribution is -2.70. The zero-order valence-corrected chi connectivity index (χ0v) is 20.6. The SMILES string of the molecule is Cn1c[n+](CCC(F)(F)C(F)(F)C(F)(F)C(F)(F)C(F)(F)C(F)(F)F)cn1.O=S(=O)([N-]S(=O)(=O)C(F)(F)F)C(F)(F)F. The Kier molecular flexibility index (Phi) is 10.7. The maximum Gasteiger partial charge on any atom is 0.480 e. The number of rotatable bonds is 9. The Morgan fingerprint density at radius 3 is 1.29 bits per heavy atom. The number of aromatic nitrogens is 3. The molecule has 0 N–H and O–H groups in total. The minimum atomic E-state index is -7.87. The van der Waals surface area contributed by atoms with Gasteiger partial charge in [0.1, 0.15) is 0 Å². The largest absolute Gasteiger partial charge is 0.480 e. The monoisotopic (exact) mass is 710 g/mol. The van der Waals surface area contributed by atoms with Gasteiger partial charge in [0.25, 0.3) is 6.33 Å². The highest BCUT2D eigenvalue weighted by molar-refractivity contribution is 8.13. The molecule has 8 nitrogen and oxygen atoms in total. The number of hydrogen-bond acceptors (Lipinski definition) is 5. The van der Waals surface area contributed by atoms with Crippen LogP contribution in [0.2, 0.25) is 0 Å². The fraction of sp³-hybridized carbons (Fsp3) is 0.846. The predicted octanol–water partition coefficient (Wildman–Crippen LogP) is 4.90. The zero-order chi connectivity index (χ0) is 34.4. The molecule has 0 aromatic carbocycles. The van der Waals surface area contributed by atoms with Crippen LogP contribution in [0, 0.1) is 0 Å². The molecule has 0 radical (unpaired) electrons. The molecular formula is C13H9F19N4O4S2. The van der Waals surface area contributed by atoms with E-state index in [9.17, 15) is 100 Å². The highest BCUT2D eigenvalue weighted by Crippen LogP contribution is 2.60. The summed E-state index contributed by atoms with van der Waals surface area (Å²) >= 11 is 0. The van der Waals surface area contributed by atoms with Crippen LogP contribution in [0.4, 0.5) is 83.4 Å². The third-order valence-electron chi connectivity index (χ3n) is 4.16. The van der Waals surface area contributed by atoms with Crippen LogP contribution < -0.4 is 4.57 Å². The summed E-state index contributed by atoms with van der Waals surface area (Å²) in [4.78, 5) is 0. The first-order valence-electron chi connectivity index (χ1n) is 9.13. The minimum absolute atomic E-state index is 0.630.